The van der Waals surface area contributed by atoms with Crippen molar-refractivity contribution >= 4 is 0 Å². The normalized spacial score (nSPS) is 13.3. The van der Waals surface area contributed by atoms with E-state index < -0.39 is 6.10 Å². The van der Waals surface area contributed by atoms with Gasteiger partial charge in [0, 0.05) is 6.61 Å². The molecule has 0 amide bonds. The van der Waals surface area contributed by atoms with Crippen molar-refractivity contribution in [3.8, 4) is 0 Å². The standard InChI is InChI=1S/C16H26O2/c1-12(2)9-10-18-11-16(17)15-7-5-14(6-8-15)13(3)4/h5-8,12-13,16-17H,9-11H2,1-4H3. The first-order valence-electron chi connectivity index (χ1n) is 6.86. The second kappa shape index (κ2) is 7.55. The lowest BCUT2D eigenvalue weighted by Crippen LogP contribution is -2.09. The monoisotopic (exact) mass is 250 g/mol. The molecule has 1 rings (SSSR count). The zero-order chi connectivity index (χ0) is 13.5. The highest BCUT2D eigenvalue weighted by molar-refractivity contribution is 5.26. The molecule has 2 nitrogen and oxygen atoms in total. The third kappa shape index (κ3) is 5.19. The van der Waals surface area contributed by atoms with Crippen molar-refractivity contribution in [3.63, 3.8) is 0 Å². The van der Waals surface area contributed by atoms with E-state index in [0.29, 0.717) is 18.4 Å². The Kier molecular flexibility index (Phi) is 6.37. The van der Waals surface area contributed by atoms with Crippen LogP contribution < -0.4 is 0 Å². The van der Waals surface area contributed by atoms with E-state index >= 15 is 0 Å². The minimum Gasteiger partial charge on any atom is -0.386 e. The summed E-state index contributed by atoms with van der Waals surface area (Å²) >= 11 is 0. The van der Waals surface area contributed by atoms with Crippen LogP contribution in [-0.4, -0.2) is 18.3 Å². The summed E-state index contributed by atoms with van der Waals surface area (Å²) in [5, 5.41) is 9.99. The molecule has 0 fully saturated rings. The van der Waals surface area contributed by atoms with Gasteiger partial charge in [-0.15, -0.1) is 0 Å². The minimum absolute atomic E-state index is 0.383. The molecular formula is C16H26O2. The fraction of sp³-hybridized carbons (Fsp3) is 0.625. The molecule has 0 aliphatic rings. The van der Waals surface area contributed by atoms with E-state index in [0.717, 1.165) is 18.6 Å². The van der Waals surface area contributed by atoms with E-state index in [-0.39, 0.29) is 0 Å². The van der Waals surface area contributed by atoms with E-state index in [1.165, 1.54) is 5.56 Å². The quantitative estimate of drug-likeness (QED) is 0.744. The summed E-state index contributed by atoms with van der Waals surface area (Å²) in [6.45, 7) is 9.78. The third-order valence-corrected chi connectivity index (χ3v) is 3.10. The average molecular weight is 250 g/mol. The van der Waals surface area contributed by atoms with Gasteiger partial charge in [-0.05, 0) is 29.4 Å². The van der Waals surface area contributed by atoms with Gasteiger partial charge in [-0.25, -0.2) is 0 Å². The third-order valence-electron chi connectivity index (χ3n) is 3.10. The lowest BCUT2D eigenvalue weighted by atomic mass is 10.0. The molecule has 1 unspecified atom stereocenters. The lowest BCUT2D eigenvalue weighted by molar-refractivity contribution is 0.0319. The molecule has 0 radical (unpaired) electrons. The van der Waals surface area contributed by atoms with Crippen molar-refractivity contribution in [2.24, 2.45) is 5.92 Å². The Balaban J connectivity index is 2.39. The number of aliphatic hydroxyl groups excluding tert-OH is 1. The van der Waals surface area contributed by atoms with Crippen molar-refractivity contribution in [2.45, 2.75) is 46.1 Å². The second-order valence-corrected chi connectivity index (χ2v) is 5.59. The molecular weight excluding hydrogens is 224 g/mol. The second-order valence-electron chi connectivity index (χ2n) is 5.59. The minimum atomic E-state index is -0.515. The van der Waals surface area contributed by atoms with Gasteiger partial charge in [0.05, 0.1) is 6.61 Å². The summed E-state index contributed by atoms with van der Waals surface area (Å²) in [5.41, 5.74) is 2.23. The highest BCUT2D eigenvalue weighted by atomic mass is 16.5. The average Bonchev–Trinajstić information content (AvgIpc) is 2.34. The molecule has 0 aromatic heterocycles. The molecule has 1 aromatic rings. The van der Waals surface area contributed by atoms with E-state index in [2.05, 4.69) is 39.8 Å². The molecule has 1 aromatic carbocycles. The first-order valence-corrected chi connectivity index (χ1v) is 6.86. The molecule has 102 valence electrons. The molecule has 0 saturated carbocycles. The number of rotatable bonds is 7. The van der Waals surface area contributed by atoms with Gasteiger partial charge in [0.1, 0.15) is 6.10 Å². The molecule has 0 saturated heterocycles. The zero-order valence-corrected chi connectivity index (χ0v) is 12.0. The van der Waals surface area contributed by atoms with E-state index in [4.69, 9.17) is 4.74 Å². The van der Waals surface area contributed by atoms with Gasteiger partial charge in [-0.3, -0.25) is 0 Å². The number of aliphatic hydroxyl groups is 1. The molecule has 0 heterocycles. The van der Waals surface area contributed by atoms with Gasteiger partial charge >= 0.3 is 0 Å². The fourth-order valence-corrected chi connectivity index (χ4v) is 1.71. The smallest absolute Gasteiger partial charge is 0.102 e. The van der Waals surface area contributed by atoms with Gasteiger partial charge in [-0.1, -0.05) is 52.0 Å². The number of benzene rings is 1. The largest absolute Gasteiger partial charge is 0.386 e. The Morgan fingerprint density at radius 2 is 1.56 bits per heavy atom. The molecule has 1 N–H and O–H groups in total. The number of hydrogen-bond acceptors (Lipinski definition) is 2. The summed E-state index contributed by atoms with van der Waals surface area (Å²) < 4.78 is 5.49. The van der Waals surface area contributed by atoms with Crippen molar-refractivity contribution < 1.29 is 9.84 Å². The Bertz CT molecular complexity index is 327. The fourth-order valence-electron chi connectivity index (χ4n) is 1.71. The van der Waals surface area contributed by atoms with Crippen molar-refractivity contribution in [2.75, 3.05) is 13.2 Å². The maximum atomic E-state index is 9.99. The van der Waals surface area contributed by atoms with Crippen LogP contribution in [0.4, 0.5) is 0 Å². The molecule has 0 bridgehead atoms. The molecule has 0 spiro atoms. The Labute approximate surface area is 111 Å². The summed E-state index contributed by atoms with van der Waals surface area (Å²) in [4.78, 5) is 0. The van der Waals surface area contributed by atoms with Gasteiger partial charge in [0.25, 0.3) is 0 Å². The Morgan fingerprint density at radius 1 is 1.00 bits per heavy atom. The lowest BCUT2D eigenvalue weighted by Gasteiger charge is -2.13. The predicted molar refractivity (Wildman–Crippen MR) is 75.8 cm³/mol. The van der Waals surface area contributed by atoms with Gasteiger partial charge < -0.3 is 9.84 Å². The first kappa shape index (κ1) is 15.2. The van der Waals surface area contributed by atoms with Gasteiger partial charge in [0.2, 0.25) is 0 Å². The van der Waals surface area contributed by atoms with Crippen LogP contribution >= 0.6 is 0 Å². The molecule has 18 heavy (non-hydrogen) atoms. The molecule has 0 aliphatic carbocycles. The Morgan fingerprint density at radius 3 is 2.06 bits per heavy atom. The van der Waals surface area contributed by atoms with Crippen molar-refractivity contribution in [3.05, 3.63) is 35.4 Å². The summed E-state index contributed by atoms with van der Waals surface area (Å²) in [6.07, 6.45) is 0.525. The maximum absolute atomic E-state index is 9.99. The SMILES string of the molecule is CC(C)CCOCC(O)c1ccc(C(C)C)cc1. The van der Waals surface area contributed by atoms with E-state index in [1.807, 2.05) is 12.1 Å². The Hall–Kier alpha value is -0.860. The predicted octanol–water partition coefficient (Wildman–Crippen LogP) is 3.91. The van der Waals surface area contributed by atoms with Crippen LogP contribution in [0, 0.1) is 5.92 Å². The van der Waals surface area contributed by atoms with Crippen LogP contribution in [0.25, 0.3) is 0 Å². The zero-order valence-electron chi connectivity index (χ0n) is 12.0. The number of ether oxygens (including phenoxy) is 1. The van der Waals surface area contributed by atoms with Crippen LogP contribution in [0.5, 0.6) is 0 Å². The summed E-state index contributed by atoms with van der Waals surface area (Å²) in [5.74, 6) is 1.17. The highest BCUT2D eigenvalue weighted by Crippen LogP contribution is 2.19. The van der Waals surface area contributed by atoms with Crippen molar-refractivity contribution in [1.82, 2.24) is 0 Å². The van der Waals surface area contributed by atoms with Crippen LogP contribution in [0.3, 0.4) is 0 Å². The van der Waals surface area contributed by atoms with Crippen LogP contribution in [0.2, 0.25) is 0 Å². The maximum Gasteiger partial charge on any atom is 0.102 e. The topological polar surface area (TPSA) is 29.5 Å². The van der Waals surface area contributed by atoms with Gasteiger partial charge in [-0.2, -0.15) is 0 Å². The number of hydrogen-bond donors (Lipinski definition) is 1. The van der Waals surface area contributed by atoms with Crippen LogP contribution in [0.15, 0.2) is 24.3 Å². The molecule has 0 aliphatic heterocycles. The molecule has 2 heteroatoms. The first-order chi connectivity index (χ1) is 8.50. The van der Waals surface area contributed by atoms with E-state index in [9.17, 15) is 5.11 Å². The van der Waals surface area contributed by atoms with Gasteiger partial charge in [0.15, 0.2) is 0 Å². The van der Waals surface area contributed by atoms with Crippen LogP contribution in [0.1, 0.15) is 57.3 Å². The highest BCUT2D eigenvalue weighted by Gasteiger charge is 2.08. The summed E-state index contributed by atoms with van der Waals surface area (Å²) in [7, 11) is 0. The van der Waals surface area contributed by atoms with E-state index in [1.54, 1.807) is 0 Å². The molecule has 1 atom stereocenters. The summed E-state index contributed by atoms with van der Waals surface area (Å²) in [6, 6.07) is 8.15. The van der Waals surface area contributed by atoms with Crippen molar-refractivity contribution in [1.29, 1.82) is 0 Å². The van der Waals surface area contributed by atoms with Crippen LogP contribution in [-0.2, 0) is 4.74 Å².